The zero-order valence-electron chi connectivity index (χ0n) is 13.5. The average Bonchev–Trinajstić information content (AvgIpc) is 2.82. The van der Waals surface area contributed by atoms with E-state index in [0.717, 1.165) is 22.5 Å². The van der Waals surface area contributed by atoms with Gasteiger partial charge in [0.25, 0.3) is 0 Å². The van der Waals surface area contributed by atoms with Crippen LogP contribution < -0.4 is 5.63 Å². The molecule has 5 heteroatoms. The van der Waals surface area contributed by atoms with Crippen LogP contribution >= 0.6 is 0 Å². The van der Waals surface area contributed by atoms with E-state index < -0.39 is 0 Å². The Balaban J connectivity index is 2.32. The van der Waals surface area contributed by atoms with Crippen LogP contribution in [-0.4, -0.2) is 14.8 Å². The van der Waals surface area contributed by atoms with Gasteiger partial charge in [0, 0.05) is 6.04 Å². The first kappa shape index (κ1) is 14.5. The molecule has 0 aliphatic heterocycles. The Bertz CT molecular complexity index is 920. The van der Waals surface area contributed by atoms with Gasteiger partial charge in [-0.2, -0.15) is 5.10 Å². The molecule has 0 radical (unpaired) electrons. The summed E-state index contributed by atoms with van der Waals surface area (Å²) in [7, 11) is 0. The molecule has 0 aliphatic carbocycles. The van der Waals surface area contributed by atoms with Crippen molar-refractivity contribution in [2.24, 2.45) is 0 Å². The Morgan fingerprint density at radius 2 is 1.86 bits per heavy atom. The third kappa shape index (κ3) is 2.32. The van der Waals surface area contributed by atoms with Gasteiger partial charge in [0.05, 0.1) is 16.6 Å². The fourth-order valence-corrected chi connectivity index (χ4v) is 2.71. The molecule has 0 fully saturated rings. The molecule has 5 nitrogen and oxygen atoms in total. The molecule has 0 bridgehead atoms. The second-order valence-corrected chi connectivity index (χ2v) is 5.99. The van der Waals surface area contributed by atoms with Crippen LogP contribution in [0.2, 0.25) is 0 Å². The van der Waals surface area contributed by atoms with E-state index in [1.165, 1.54) is 0 Å². The van der Waals surface area contributed by atoms with Gasteiger partial charge >= 0.3 is 5.63 Å². The topological polar surface area (TPSA) is 60.9 Å². The van der Waals surface area contributed by atoms with E-state index in [9.17, 15) is 4.79 Å². The fourth-order valence-electron chi connectivity index (χ4n) is 2.71. The second-order valence-electron chi connectivity index (χ2n) is 5.99. The standard InChI is InChI=1S/C17H19N3O2/c1-9(2)20-14(8-12(5)19-20)16-18-15-11(4)6-10(3)7-13(15)17(21)22-16/h6-9H,1-5H3. The van der Waals surface area contributed by atoms with Gasteiger partial charge in [-0.25, -0.2) is 9.78 Å². The van der Waals surface area contributed by atoms with Crippen LogP contribution in [0.1, 0.15) is 36.7 Å². The van der Waals surface area contributed by atoms with E-state index >= 15 is 0 Å². The molecular formula is C17H19N3O2. The summed E-state index contributed by atoms with van der Waals surface area (Å²) in [5, 5.41) is 4.97. The fraction of sp³-hybridized carbons (Fsp3) is 0.353. The van der Waals surface area contributed by atoms with Gasteiger partial charge in [-0.1, -0.05) is 6.07 Å². The van der Waals surface area contributed by atoms with Gasteiger partial charge in [0.15, 0.2) is 0 Å². The summed E-state index contributed by atoms with van der Waals surface area (Å²) in [5.74, 6) is 0.318. The molecule has 0 aliphatic rings. The minimum absolute atomic E-state index is 0.158. The van der Waals surface area contributed by atoms with E-state index in [0.29, 0.717) is 16.8 Å². The van der Waals surface area contributed by atoms with E-state index in [1.807, 2.05) is 57.5 Å². The molecule has 2 heterocycles. The third-order valence-electron chi connectivity index (χ3n) is 3.63. The minimum Gasteiger partial charge on any atom is -0.401 e. The molecule has 0 saturated heterocycles. The van der Waals surface area contributed by atoms with Crippen molar-refractivity contribution in [3.8, 4) is 11.6 Å². The minimum atomic E-state index is -0.360. The molecule has 0 unspecified atom stereocenters. The van der Waals surface area contributed by atoms with E-state index in [2.05, 4.69) is 10.1 Å². The zero-order valence-corrected chi connectivity index (χ0v) is 13.5. The predicted molar refractivity (Wildman–Crippen MR) is 86.1 cm³/mol. The van der Waals surface area contributed by atoms with Crippen LogP contribution in [0.3, 0.4) is 0 Å². The highest BCUT2D eigenvalue weighted by molar-refractivity contribution is 5.82. The smallest absolute Gasteiger partial charge is 0.347 e. The summed E-state index contributed by atoms with van der Waals surface area (Å²) < 4.78 is 7.29. The third-order valence-corrected chi connectivity index (χ3v) is 3.63. The van der Waals surface area contributed by atoms with E-state index in [1.54, 1.807) is 0 Å². The number of benzene rings is 1. The summed E-state index contributed by atoms with van der Waals surface area (Å²) in [6, 6.07) is 5.88. The first-order valence-electron chi connectivity index (χ1n) is 7.35. The van der Waals surface area contributed by atoms with Crippen molar-refractivity contribution < 1.29 is 4.42 Å². The Hall–Kier alpha value is -2.43. The highest BCUT2D eigenvalue weighted by atomic mass is 16.4. The Kier molecular flexibility index (Phi) is 3.35. The highest BCUT2D eigenvalue weighted by Crippen LogP contribution is 2.24. The van der Waals surface area contributed by atoms with Crippen molar-refractivity contribution in [1.82, 2.24) is 14.8 Å². The molecule has 114 valence electrons. The maximum Gasteiger partial charge on any atom is 0.347 e. The second kappa shape index (κ2) is 5.09. The number of rotatable bonds is 2. The molecule has 0 atom stereocenters. The summed E-state index contributed by atoms with van der Waals surface area (Å²) in [6.45, 7) is 9.89. The normalized spacial score (nSPS) is 11.5. The van der Waals surface area contributed by atoms with Gasteiger partial charge in [-0.15, -0.1) is 0 Å². The Labute approximate surface area is 128 Å². The predicted octanol–water partition coefficient (Wildman–Crippen LogP) is 3.56. The van der Waals surface area contributed by atoms with Gasteiger partial charge in [0.2, 0.25) is 5.89 Å². The molecule has 0 amide bonds. The quantitative estimate of drug-likeness (QED) is 0.725. The number of fused-ring (bicyclic) bond motifs is 1. The molecule has 2 aromatic heterocycles. The zero-order chi connectivity index (χ0) is 16.0. The maximum atomic E-state index is 12.3. The van der Waals surface area contributed by atoms with Gasteiger partial charge in [0.1, 0.15) is 5.69 Å². The summed E-state index contributed by atoms with van der Waals surface area (Å²) >= 11 is 0. The molecule has 3 aromatic rings. The summed E-state index contributed by atoms with van der Waals surface area (Å²) in [4.78, 5) is 16.9. The van der Waals surface area contributed by atoms with Crippen LogP contribution in [0.5, 0.6) is 0 Å². The average molecular weight is 297 g/mol. The number of aromatic nitrogens is 3. The maximum absolute atomic E-state index is 12.3. The molecule has 0 spiro atoms. The number of hydrogen-bond acceptors (Lipinski definition) is 4. The van der Waals surface area contributed by atoms with Crippen molar-refractivity contribution in [3.05, 3.63) is 45.4 Å². The lowest BCUT2D eigenvalue weighted by Gasteiger charge is -2.10. The number of aryl methyl sites for hydroxylation is 3. The number of hydrogen-bond donors (Lipinski definition) is 0. The molecular weight excluding hydrogens is 278 g/mol. The SMILES string of the molecule is Cc1cc(C)c2nc(-c3cc(C)nn3C(C)C)oc(=O)c2c1. The first-order valence-corrected chi connectivity index (χ1v) is 7.35. The van der Waals surface area contributed by atoms with Crippen LogP contribution in [0, 0.1) is 20.8 Å². The first-order chi connectivity index (χ1) is 10.4. The van der Waals surface area contributed by atoms with Crippen LogP contribution in [0.4, 0.5) is 0 Å². The molecule has 0 saturated carbocycles. The lowest BCUT2D eigenvalue weighted by molar-refractivity contribution is 0.487. The van der Waals surface area contributed by atoms with Gasteiger partial charge < -0.3 is 4.42 Å². The highest BCUT2D eigenvalue weighted by Gasteiger charge is 2.17. The summed E-state index contributed by atoms with van der Waals surface area (Å²) in [6.07, 6.45) is 0. The largest absolute Gasteiger partial charge is 0.401 e. The molecule has 1 aromatic carbocycles. The van der Waals surface area contributed by atoms with Crippen molar-refractivity contribution in [2.75, 3.05) is 0 Å². The lowest BCUT2D eigenvalue weighted by atomic mass is 10.1. The Morgan fingerprint density at radius 3 is 2.55 bits per heavy atom. The van der Waals surface area contributed by atoms with Crippen molar-refractivity contribution in [1.29, 1.82) is 0 Å². The molecule has 22 heavy (non-hydrogen) atoms. The van der Waals surface area contributed by atoms with E-state index in [4.69, 9.17) is 4.42 Å². The molecule has 3 rings (SSSR count). The van der Waals surface area contributed by atoms with Crippen LogP contribution in [0.15, 0.2) is 27.4 Å². The summed E-state index contributed by atoms with van der Waals surface area (Å²) in [5.41, 5.74) is 3.92. The van der Waals surface area contributed by atoms with Gasteiger partial charge in [-0.3, -0.25) is 4.68 Å². The van der Waals surface area contributed by atoms with Crippen molar-refractivity contribution in [2.45, 2.75) is 40.7 Å². The van der Waals surface area contributed by atoms with Gasteiger partial charge in [-0.05, 0) is 57.9 Å². The monoisotopic (exact) mass is 297 g/mol. The number of nitrogens with zero attached hydrogens (tertiary/aromatic N) is 3. The van der Waals surface area contributed by atoms with Crippen LogP contribution in [-0.2, 0) is 0 Å². The molecule has 0 N–H and O–H groups in total. The van der Waals surface area contributed by atoms with Crippen molar-refractivity contribution >= 4 is 10.9 Å². The van der Waals surface area contributed by atoms with E-state index in [-0.39, 0.29) is 11.7 Å². The lowest BCUT2D eigenvalue weighted by Crippen LogP contribution is -2.09. The van der Waals surface area contributed by atoms with Crippen molar-refractivity contribution in [3.63, 3.8) is 0 Å². The van der Waals surface area contributed by atoms with Crippen LogP contribution in [0.25, 0.3) is 22.5 Å². The Morgan fingerprint density at radius 1 is 1.14 bits per heavy atom.